The summed E-state index contributed by atoms with van der Waals surface area (Å²) < 4.78 is 22.6. The maximum atomic E-state index is 12.3. The van der Waals surface area contributed by atoms with Crippen LogP contribution in [0.2, 0.25) is 0 Å². The van der Waals surface area contributed by atoms with Gasteiger partial charge in [-0.15, -0.1) is 0 Å². The number of nitrogens with one attached hydrogen (secondary N) is 1. The molecule has 1 aromatic rings. The summed E-state index contributed by atoms with van der Waals surface area (Å²) in [5.74, 6) is 0.213. The lowest BCUT2D eigenvalue weighted by atomic mass is 10.00. The van der Waals surface area contributed by atoms with Crippen LogP contribution in [0.15, 0.2) is 35.7 Å². The van der Waals surface area contributed by atoms with E-state index < -0.39 is 9.84 Å². The quantitative estimate of drug-likeness (QED) is 0.894. The highest BCUT2D eigenvalue weighted by atomic mass is 32.2. The van der Waals surface area contributed by atoms with Crippen LogP contribution >= 0.6 is 0 Å². The highest BCUT2D eigenvalue weighted by Crippen LogP contribution is 2.18. The summed E-state index contributed by atoms with van der Waals surface area (Å²) in [6.45, 7) is 1.93. The summed E-state index contributed by atoms with van der Waals surface area (Å²) in [4.78, 5) is 14.1. The molecule has 0 unspecified atom stereocenters. The first-order valence-electron chi connectivity index (χ1n) is 7.52. The Morgan fingerprint density at radius 3 is 2.77 bits per heavy atom. The van der Waals surface area contributed by atoms with E-state index in [-0.39, 0.29) is 17.7 Å². The van der Waals surface area contributed by atoms with E-state index in [4.69, 9.17) is 0 Å². The van der Waals surface area contributed by atoms with Gasteiger partial charge in [0.1, 0.15) is 0 Å². The molecule has 0 radical (unpaired) electrons. The van der Waals surface area contributed by atoms with E-state index in [0.717, 1.165) is 13.0 Å². The number of amides is 1. The van der Waals surface area contributed by atoms with Crippen molar-refractivity contribution in [1.29, 1.82) is 0 Å². The number of benzene rings is 1. The number of hydrogen-bond donors (Lipinski definition) is 1. The molecule has 1 atom stereocenters. The van der Waals surface area contributed by atoms with Crippen molar-refractivity contribution in [1.82, 2.24) is 10.2 Å². The standard InChI is InChI=1S/C16H20N2O3S/c19-16(5-8-17-15-7-10-22(20,21)12-15)18-9-6-13-3-1-2-4-14(13)11-18/h1-4,7,10,15,17H,5-6,8-9,11-12H2/t15-/m1/s1. The van der Waals surface area contributed by atoms with E-state index in [9.17, 15) is 13.2 Å². The van der Waals surface area contributed by atoms with Gasteiger partial charge in [0.25, 0.3) is 0 Å². The molecule has 0 saturated heterocycles. The number of carbonyl (C=O) groups excluding carboxylic acids is 1. The number of nitrogens with zero attached hydrogens (tertiary/aromatic N) is 1. The molecule has 1 N–H and O–H groups in total. The molecule has 0 saturated carbocycles. The molecule has 2 aliphatic rings. The Hall–Kier alpha value is -1.66. The van der Waals surface area contributed by atoms with E-state index in [1.165, 1.54) is 16.5 Å². The molecular formula is C16H20N2O3S. The van der Waals surface area contributed by atoms with Gasteiger partial charge in [-0.2, -0.15) is 0 Å². The average Bonchev–Trinajstić information content (AvgIpc) is 2.86. The first kappa shape index (κ1) is 15.2. The van der Waals surface area contributed by atoms with Crippen LogP contribution in [0.4, 0.5) is 0 Å². The summed E-state index contributed by atoms with van der Waals surface area (Å²) in [5.41, 5.74) is 2.55. The number of fused-ring (bicyclic) bond motifs is 1. The van der Waals surface area contributed by atoms with Gasteiger partial charge < -0.3 is 10.2 Å². The van der Waals surface area contributed by atoms with Gasteiger partial charge in [-0.05, 0) is 17.5 Å². The van der Waals surface area contributed by atoms with E-state index in [2.05, 4.69) is 17.4 Å². The van der Waals surface area contributed by atoms with E-state index in [0.29, 0.717) is 19.5 Å². The van der Waals surface area contributed by atoms with Crippen LogP contribution in [-0.2, 0) is 27.6 Å². The Bertz CT molecular complexity index is 697. The van der Waals surface area contributed by atoms with Crippen molar-refractivity contribution in [3.63, 3.8) is 0 Å². The first-order valence-corrected chi connectivity index (χ1v) is 9.24. The zero-order chi connectivity index (χ0) is 15.6. The first-order chi connectivity index (χ1) is 10.5. The molecule has 118 valence electrons. The summed E-state index contributed by atoms with van der Waals surface area (Å²) in [7, 11) is -3.04. The molecule has 3 rings (SSSR count). The Balaban J connectivity index is 1.46. The van der Waals surface area contributed by atoms with Crippen LogP contribution in [0.5, 0.6) is 0 Å². The fourth-order valence-electron chi connectivity index (χ4n) is 2.93. The SMILES string of the molecule is O=C(CCN[C@@H]1C=CS(=O)(=O)C1)N1CCc2ccccc2C1. The van der Waals surface area contributed by atoms with Crippen molar-refractivity contribution in [2.75, 3.05) is 18.8 Å². The van der Waals surface area contributed by atoms with Gasteiger partial charge in [0.2, 0.25) is 5.91 Å². The minimum atomic E-state index is -3.04. The minimum Gasteiger partial charge on any atom is -0.338 e. The van der Waals surface area contributed by atoms with Gasteiger partial charge in [0, 0.05) is 37.5 Å². The molecule has 6 heteroatoms. The second-order valence-corrected chi connectivity index (χ2v) is 7.73. The number of rotatable bonds is 4. The van der Waals surface area contributed by atoms with E-state index in [1.54, 1.807) is 6.08 Å². The summed E-state index contributed by atoms with van der Waals surface area (Å²) in [5, 5.41) is 4.36. The third-order valence-electron chi connectivity index (χ3n) is 4.16. The van der Waals surface area contributed by atoms with Crippen molar-refractivity contribution in [3.05, 3.63) is 46.9 Å². The Morgan fingerprint density at radius 2 is 2.05 bits per heavy atom. The highest BCUT2D eigenvalue weighted by Gasteiger charge is 2.23. The number of sulfone groups is 1. The van der Waals surface area contributed by atoms with Crippen molar-refractivity contribution < 1.29 is 13.2 Å². The third kappa shape index (κ3) is 3.56. The molecule has 0 spiro atoms. The molecule has 0 fully saturated rings. The zero-order valence-corrected chi connectivity index (χ0v) is 13.2. The Kier molecular flexibility index (Phi) is 4.31. The van der Waals surface area contributed by atoms with Crippen LogP contribution < -0.4 is 5.32 Å². The van der Waals surface area contributed by atoms with Crippen LogP contribution in [-0.4, -0.2) is 44.1 Å². The second-order valence-electron chi connectivity index (χ2n) is 5.80. The molecule has 1 amide bonds. The molecule has 0 aromatic heterocycles. The molecular weight excluding hydrogens is 300 g/mol. The van der Waals surface area contributed by atoms with Gasteiger partial charge in [0.05, 0.1) is 5.75 Å². The van der Waals surface area contributed by atoms with E-state index in [1.807, 2.05) is 17.0 Å². The van der Waals surface area contributed by atoms with Crippen molar-refractivity contribution in [2.45, 2.75) is 25.4 Å². The van der Waals surface area contributed by atoms with Crippen molar-refractivity contribution in [2.24, 2.45) is 0 Å². The predicted octanol–water partition coefficient (Wildman–Crippen LogP) is 0.862. The third-order valence-corrected chi connectivity index (χ3v) is 5.55. The summed E-state index contributed by atoms with van der Waals surface area (Å²) in [6, 6.07) is 8.05. The topological polar surface area (TPSA) is 66.5 Å². The van der Waals surface area contributed by atoms with Crippen LogP contribution in [0.3, 0.4) is 0 Å². The lowest BCUT2D eigenvalue weighted by Crippen LogP contribution is -2.39. The minimum absolute atomic E-state index is 0.0955. The maximum absolute atomic E-state index is 12.3. The van der Waals surface area contributed by atoms with Crippen LogP contribution in [0, 0.1) is 0 Å². The van der Waals surface area contributed by atoms with E-state index >= 15 is 0 Å². The zero-order valence-electron chi connectivity index (χ0n) is 12.4. The fourth-order valence-corrected chi connectivity index (χ4v) is 4.20. The smallest absolute Gasteiger partial charge is 0.224 e. The van der Waals surface area contributed by atoms with Gasteiger partial charge in [0.15, 0.2) is 9.84 Å². The predicted molar refractivity (Wildman–Crippen MR) is 84.9 cm³/mol. The monoisotopic (exact) mass is 320 g/mol. The number of carbonyl (C=O) groups is 1. The van der Waals surface area contributed by atoms with Gasteiger partial charge in [-0.3, -0.25) is 4.79 Å². The molecule has 0 bridgehead atoms. The molecule has 2 heterocycles. The summed E-state index contributed by atoms with van der Waals surface area (Å²) in [6.07, 6.45) is 2.95. The summed E-state index contributed by atoms with van der Waals surface area (Å²) >= 11 is 0. The Labute approximate surface area is 130 Å². The number of hydrogen-bond acceptors (Lipinski definition) is 4. The Morgan fingerprint density at radius 1 is 1.27 bits per heavy atom. The normalized spacial score (nSPS) is 22.5. The fraction of sp³-hybridized carbons (Fsp3) is 0.438. The second kappa shape index (κ2) is 6.22. The molecule has 1 aromatic carbocycles. The van der Waals surface area contributed by atoms with Crippen molar-refractivity contribution >= 4 is 15.7 Å². The highest BCUT2D eigenvalue weighted by molar-refractivity contribution is 7.94. The van der Waals surface area contributed by atoms with Gasteiger partial charge in [-0.1, -0.05) is 30.3 Å². The van der Waals surface area contributed by atoms with Gasteiger partial charge in [-0.25, -0.2) is 8.42 Å². The molecule has 22 heavy (non-hydrogen) atoms. The maximum Gasteiger partial charge on any atom is 0.224 e. The molecule has 2 aliphatic heterocycles. The lowest BCUT2D eigenvalue weighted by Gasteiger charge is -2.29. The van der Waals surface area contributed by atoms with Crippen LogP contribution in [0.1, 0.15) is 17.5 Å². The lowest BCUT2D eigenvalue weighted by molar-refractivity contribution is -0.132. The van der Waals surface area contributed by atoms with Crippen LogP contribution in [0.25, 0.3) is 0 Å². The average molecular weight is 320 g/mol. The largest absolute Gasteiger partial charge is 0.338 e. The van der Waals surface area contributed by atoms with Crippen molar-refractivity contribution in [3.8, 4) is 0 Å². The molecule has 0 aliphatic carbocycles. The van der Waals surface area contributed by atoms with Gasteiger partial charge >= 0.3 is 0 Å². The molecule has 5 nitrogen and oxygen atoms in total.